The molecule has 0 bridgehead atoms. The zero-order valence-electron chi connectivity index (χ0n) is 7.91. The molecule has 0 aromatic rings. The van der Waals surface area contributed by atoms with E-state index in [9.17, 15) is 0 Å². The third-order valence-corrected chi connectivity index (χ3v) is 0.327. The van der Waals surface area contributed by atoms with Gasteiger partial charge in [0.15, 0.2) is 0 Å². The van der Waals surface area contributed by atoms with Gasteiger partial charge in [0.1, 0.15) is 0 Å². The predicted octanol–water partition coefficient (Wildman–Crippen LogP) is 0.865. The Bertz CT molecular complexity index is 23.2. The molecular weight excluding hydrogens is 124 g/mol. The van der Waals surface area contributed by atoms with Gasteiger partial charge in [-0.25, -0.2) is 0 Å². The Morgan fingerprint density at radius 1 is 1.67 bits per heavy atom. The molecule has 0 aromatic heterocycles. The Morgan fingerprint density at radius 2 is 1.83 bits per heavy atom. The van der Waals surface area contributed by atoms with Crippen LogP contribution in [0.4, 0.5) is 0 Å². The minimum atomic E-state index is 0. The molecule has 0 amide bonds. The van der Waals surface area contributed by atoms with Gasteiger partial charge < -0.3 is 5.71 Å². The maximum atomic E-state index is 4.69. The Labute approximate surface area is 81.2 Å². The molecule has 34 valence electrons. The smallest absolute Gasteiger partial charge is 1.00 e. The Balaban J connectivity index is -0.00000000300. The summed E-state index contributed by atoms with van der Waals surface area (Å²) < 4.78 is 4.01. The van der Waals surface area contributed by atoms with Gasteiger partial charge in [-0.1, -0.05) is 0 Å². The van der Waals surface area contributed by atoms with Crippen LogP contribution in [-0.4, -0.2) is 52.7 Å². The topological polar surface area (TPSA) is 9.23 Å². The summed E-state index contributed by atoms with van der Waals surface area (Å²) in [5.74, 6) is 0. The molecule has 0 unspecified atom stereocenters. The van der Waals surface area contributed by atoms with Gasteiger partial charge in [0.05, 0.1) is 18.5 Å². The van der Waals surface area contributed by atoms with Gasteiger partial charge in [0, 0.05) is 0 Å². The molecule has 0 atom stereocenters. The summed E-state index contributed by atoms with van der Waals surface area (Å²) in [5, 5.41) is 0. The molecule has 0 radical (unpaired) electrons. The molecule has 0 aliphatic rings. The summed E-state index contributed by atoms with van der Waals surface area (Å²) in [5.41, 5.74) is 0. The summed E-state index contributed by atoms with van der Waals surface area (Å²) in [6.45, 7) is 2.41. The van der Waals surface area contributed by atoms with Gasteiger partial charge in [-0.05, 0) is 6.92 Å². The minimum Gasteiger partial charge on any atom is -1.00 e. The fourth-order valence-electron chi connectivity index (χ4n) is 0. The predicted molar refractivity (Wildman–Crippen MR) is 33.4 cm³/mol. The average molecular weight is 133 g/mol. The van der Waals surface area contributed by atoms with Crippen molar-refractivity contribution in [2.45, 2.75) is 6.92 Å². The minimum absolute atomic E-state index is 0. The average Bonchev–Trinajstić information content (AvgIpc) is 1.37. The van der Waals surface area contributed by atoms with Crippen LogP contribution < -0.4 is 0 Å². The molecule has 0 rings (SSSR count). The van der Waals surface area contributed by atoms with E-state index < -0.39 is 0 Å². The zero-order chi connectivity index (χ0) is 3.41. The van der Waals surface area contributed by atoms with E-state index in [2.05, 4.69) is 16.2 Å². The molecule has 0 heterocycles. The van der Waals surface area contributed by atoms with Crippen molar-refractivity contribution in [2.24, 2.45) is 0 Å². The van der Waals surface area contributed by atoms with Crippen molar-refractivity contribution in [3.63, 3.8) is 0 Å². The number of hydrogen-bond acceptors (Lipinski definition) is 1. The van der Waals surface area contributed by atoms with Crippen molar-refractivity contribution in [3.05, 3.63) is 0 Å². The van der Waals surface area contributed by atoms with E-state index in [1.165, 1.54) is 0 Å². The first-order valence-electron chi connectivity index (χ1n) is 1.15. The van der Waals surface area contributed by atoms with E-state index in [0.29, 0.717) is 6.61 Å². The second-order valence-electron chi connectivity index (χ2n) is 0.398. The zero-order valence-corrected chi connectivity index (χ0v) is 7.49. The van der Waals surface area contributed by atoms with E-state index in [4.69, 9.17) is 0 Å². The Kier molecular flexibility index (Phi) is 41.4. The maximum Gasteiger partial charge on any atom is 2.00 e. The summed E-state index contributed by atoms with van der Waals surface area (Å²) in [4.78, 5) is 0. The van der Waals surface area contributed by atoms with E-state index >= 15 is 0 Å². The Morgan fingerprint density at radius 3 is 1.83 bits per heavy atom. The standard InChI is InChI=1S/C2H5ClO.2Mg.4H/c1-2-4-3;;;;;;/h2H2,1H3;;;;;;/q;2*+2;4*-1. The van der Waals surface area contributed by atoms with Crippen LogP contribution in [0.15, 0.2) is 0 Å². The van der Waals surface area contributed by atoms with Crippen LogP contribution in [-0.2, 0) is 4.29 Å². The molecule has 0 saturated carbocycles. The van der Waals surface area contributed by atoms with Crippen molar-refractivity contribution in [2.75, 3.05) is 6.61 Å². The third kappa shape index (κ3) is 17.1. The fraction of sp³-hybridized carbons (Fsp3) is 1.00. The van der Waals surface area contributed by atoms with Gasteiger partial charge in [0.25, 0.3) is 0 Å². The maximum absolute atomic E-state index is 4.69. The number of halogens is 1. The van der Waals surface area contributed by atoms with Crippen molar-refractivity contribution >= 4 is 58.0 Å². The van der Waals surface area contributed by atoms with Crippen LogP contribution >= 0.6 is 11.9 Å². The first kappa shape index (κ1) is 15.7. The van der Waals surface area contributed by atoms with Crippen LogP contribution in [0.1, 0.15) is 12.6 Å². The third-order valence-electron chi connectivity index (χ3n) is 0.109. The molecule has 4 heteroatoms. The van der Waals surface area contributed by atoms with Crippen molar-refractivity contribution < 1.29 is 10.00 Å². The van der Waals surface area contributed by atoms with Crippen LogP contribution in [0.3, 0.4) is 0 Å². The summed E-state index contributed by atoms with van der Waals surface area (Å²) in [7, 11) is 0. The molecule has 0 N–H and O–H groups in total. The van der Waals surface area contributed by atoms with Gasteiger partial charge in [-0.15, -0.1) is 0 Å². The second kappa shape index (κ2) is 15.9. The van der Waals surface area contributed by atoms with Crippen LogP contribution in [0, 0.1) is 0 Å². The van der Waals surface area contributed by atoms with Gasteiger partial charge in [-0.2, -0.15) is 0 Å². The summed E-state index contributed by atoms with van der Waals surface area (Å²) in [6, 6.07) is 0. The molecule has 1 nitrogen and oxygen atoms in total. The quantitative estimate of drug-likeness (QED) is 0.482. The summed E-state index contributed by atoms with van der Waals surface area (Å²) >= 11 is 4.69. The largest absolute Gasteiger partial charge is 2.00 e. The van der Waals surface area contributed by atoms with Crippen molar-refractivity contribution in [1.29, 1.82) is 0 Å². The van der Waals surface area contributed by atoms with E-state index in [0.717, 1.165) is 0 Å². The molecule has 0 aliphatic carbocycles. The molecule has 0 saturated heterocycles. The first-order valence-corrected chi connectivity index (χ1v) is 1.46. The molecule has 0 spiro atoms. The van der Waals surface area contributed by atoms with E-state index in [1.807, 2.05) is 6.92 Å². The number of hydrogen-bond donors (Lipinski definition) is 0. The molecule has 0 aromatic carbocycles. The van der Waals surface area contributed by atoms with Crippen LogP contribution in [0.25, 0.3) is 0 Å². The van der Waals surface area contributed by atoms with Crippen LogP contribution in [0.2, 0.25) is 0 Å². The summed E-state index contributed by atoms with van der Waals surface area (Å²) in [6.07, 6.45) is 0. The molecular formula is C2H9ClMg2O. The normalized spacial score (nSPS) is 5.00. The molecule has 0 fully saturated rings. The van der Waals surface area contributed by atoms with E-state index in [-0.39, 0.29) is 51.8 Å². The monoisotopic (exact) mass is 132 g/mol. The van der Waals surface area contributed by atoms with Gasteiger partial charge in [0.2, 0.25) is 0 Å². The molecule has 6 heavy (non-hydrogen) atoms. The Hall–Kier alpha value is 1.78. The SMILES string of the molecule is CCOCl.[H-].[H-].[H-].[H-].[Mg+2].[Mg+2]. The second-order valence-corrected chi connectivity index (χ2v) is 0.616. The van der Waals surface area contributed by atoms with Crippen molar-refractivity contribution in [1.82, 2.24) is 0 Å². The van der Waals surface area contributed by atoms with Crippen molar-refractivity contribution in [3.8, 4) is 0 Å². The van der Waals surface area contributed by atoms with Gasteiger partial charge >= 0.3 is 46.1 Å². The van der Waals surface area contributed by atoms with Crippen LogP contribution in [0.5, 0.6) is 0 Å². The fourth-order valence-corrected chi connectivity index (χ4v) is 0. The van der Waals surface area contributed by atoms with E-state index in [1.54, 1.807) is 0 Å². The molecule has 0 aliphatic heterocycles. The first-order chi connectivity index (χ1) is 1.91. The number of rotatable bonds is 1. The van der Waals surface area contributed by atoms with Gasteiger partial charge in [-0.3, -0.25) is 4.29 Å².